The number of hydrogen-bond acceptors (Lipinski definition) is 2. The molecule has 0 radical (unpaired) electrons. The van der Waals surface area contributed by atoms with Crippen molar-refractivity contribution in [1.29, 1.82) is 0 Å². The summed E-state index contributed by atoms with van der Waals surface area (Å²) in [4.78, 5) is 4.30. The highest BCUT2D eigenvalue weighted by molar-refractivity contribution is 5.52. The second kappa shape index (κ2) is 5.28. The highest BCUT2D eigenvalue weighted by Crippen LogP contribution is 2.35. The molecule has 0 aromatic heterocycles. The molecule has 2 unspecified atom stereocenters. The molecule has 20 heavy (non-hydrogen) atoms. The van der Waals surface area contributed by atoms with Crippen LogP contribution in [0.3, 0.4) is 0 Å². The fourth-order valence-corrected chi connectivity index (χ4v) is 2.73. The first kappa shape index (κ1) is 15.2. The first-order chi connectivity index (χ1) is 9.20. The summed E-state index contributed by atoms with van der Waals surface area (Å²) in [6.07, 6.45) is -4.29. The third kappa shape index (κ3) is 2.92. The molecule has 1 aliphatic rings. The topological polar surface area (TPSA) is 6.48 Å². The van der Waals surface area contributed by atoms with E-state index in [0.29, 0.717) is 17.8 Å². The maximum absolute atomic E-state index is 13.0. The summed E-state index contributed by atoms with van der Waals surface area (Å²) in [5.41, 5.74) is 0.403. The molecule has 0 aliphatic carbocycles. The van der Waals surface area contributed by atoms with Gasteiger partial charge in [0.1, 0.15) is 0 Å². The van der Waals surface area contributed by atoms with Gasteiger partial charge in [-0.3, -0.25) is 4.90 Å². The zero-order chi connectivity index (χ0) is 15.1. The van der Waals surface area contributed by atoms with Gasteiger partial charge >= 0.3 is 6.18 Å². The van der Waals surface area contributed by atoms with E-state index in [0.717, 1.165) is 13.1 Å². The first-order valence-corrected chi connectivity index (χ1v) is 6.85. The summed E-state index contributed by atoms with van der Waals surface area (Å²) in [7, 11) is 2.06. The molecule has 1 aromatic carbocycles. The lowest BCUT2D eigenvalue weighted by molar-refractivity contribution is -0.138. The lowest BCUT2D eigenvalue weighted by atomic mass is 10.0. The highest BCUT2D eigenvalue weighted by Gasteiger charge is 2.34. The van der Waals surface area contributed by atoms with Gasteiger partial charge in [-0.1, -0.05) is 6.07 Å². The summed E-state index contributed by atoms with van der Waals surface area (Å²) in [5, 5.41) is 0. The van der Waals surface area contributed by atoms with Gasteiger partial charge in [-0.05, 0) is 45.5 Å². The minimum atomic E-state index is -4.29. The number of aryl methyl sites for hydroxylation is 1. The van der Waals surface area contributed by atoms with Crippen LogP contribution in [0.4, 0.5) is 18.9 Å². The second-order valence-corrected chi connectivity index (χ2v) is 5.77. The van der Waals surface area contributed by atoms with Crippen LogP contribution in [0.1, 0.15) is 25.0 Å². The van der Waals surface area contributed by atoms with Gasteiger partial charge in [0.25, 0.3) is 0 Å². The molecule has 1 aliphatic heterocycles. The second-order valence-electron chi connectivity index (χ2n) is 5.77. The molecule has 0 N–H and O–H groups in total. The van der Waals surface area contributed by atoms with Gasteiger partial charge in [0.05, 0.1) is 5.56 Å². The molecule has 0 saturated carbocycles. The number of benzene rings is 1. The Bertz CT molecular complexity index is 472. The quantitative estimate of drug-likeness (QED) is 0.779. The number of likely N-dealkylation sites (N-methyl/N-ethyl adjacent to an activating group) is 1. The van der Waals surface area contributed by atoms with E-state index in [9.17, 15) is 13.2 Å². The van der Waals surface area contributed by atoms with E-state index >= 15 is 0 Å². The smallest absolute Gasteiger partial charge is 0.368 e. The number of halogens is 3. The van der Waals surface area contributed by atoms with E-state index in [2.05, 4.69) is 25.8 Å². The van der Waals surface area contributed by atoms with Crippen molar-refractivity contribution in [1.82, 2.24) is 4.90 Å². The highest BCUT2D eigenvalue weighted by atomic mass is 19.4. The SMILES string of the molecule is Cc1ccc(N2CC(C)N(C)C(C)C2)cc1C(F)(F)F. The van der Waals surface area contributed by atoms with Gasteiger partial charge in [0.15, 0.2) is 0 Å². The Balaban J connectivity index is 2.30. The minimum absolute atomic E-state index is 0.275. The molecule has 0 spiro atoms. The van der Waals surface area contributed by atoms with Crippen LogP contribution in [0.15, 0.2) is 18.2 Å². The number of anilines is 1. The number of alkyl halides is 3. The molecule has 1 heterocycles. The van der Waals surface area contributed by atoms with Crippen molar-refractivity contribution in [3.05, 3.63) is 29.3 Å². The van der Waals surface area contributed by atoms with E-state index < -0.39 is 11.7 Å². The van der Waals surface area contributed by atoms with Crippen LogP contribution in [0.5, 0.6) is 0 Å². The maximum atomic E-state index is 13.0. The average Bonchev–Trinajstić information content (AvgIpc) is 2.34. The molecule has 1 saturated heterocycles. The molecule has 1 fully saturated rings. The molecule has 0 amide bonds. The summed E-state index contributed by atoms with van der Waals surface area (Å²) >= 11 is 0. The van der Waals surface area contributed by atoms with Gasteiger partial charge in [-0.25, -0.2) is 0 Å². The van der Waals surface area contributed by atoms with Crippen molar-refractivity contribution in [2.24, 2.45) is 0 Å². The van der Waals surface area contributed by atoms with Crippen molar-refractivity contribution < 1.29 is 13.2 Å². The third-order valence-corrected chi connectivity index (χ3v) is 4.25. The Kier molecular flexibility index (Phi) is 4.00. The van der Waals surface area contributed by atoms with Crippen LogP contribution in [-0.4, -0.2) is 37.1 Å². The van der Waals surface area contributed by atoms with Crippen LogP contribution >= 0.6 is 0 Å². The predicted molar refractivity (Wildman–Crippen MR) is 75.1 cm³/mol. The molecule has 112 valence electrons. The van der Waals surface area contributed by atoms with Gasteiger partial charge in [-0.2, -0.15) is 13.2 Å². The van der Waals surface area contributed by atoms with E-state index in [-0.39, 0.29) is 5.56 Å². The monoisotopic (exact) mass is 286 g/mol. The van der Waals surface area contributed by atoms with Crippen LogP contribution in [0.25, 0.3) is 0 Å². The number of rotatable bonds is 1. The maximum Gasteiger partial charge on any atom is 0.416 e. The van der Waals surface area contributed by atoms with E-state index in [4.69, 9.17) is 0 Å². The van der Waals surface area contributed by atoms with E-state index in [1.54, 1.807) is 12.1 Å². The van der Waals surface area contributed by atoms with Gasteiger partial charge in [-0.15, -0.1) is 0 Å². The van der Waals surface area contributed by atoms with Gasteiger partial charge in [0, 0.05) is 30.9 Å². The number of hydrogen-bond donors (Lipinski definition) is 0. The van der Waals surface area contributed by atoms with Crippen molar-refractivity contribution in [3.63, 3.8) is 0 Å². The first-order valence-electron chi connectivity index (χ1n) is 6.85. The Morgan fingerprint density at radius 3 is 2.15 bits per heavy atom. The summed E-state index contributed by atoms with van der Waals surface area (Å²) in [5.74, 6) is 0. The molecular weight excluding hydrogens is 265 g/mol. The lowest BCUT2D eigenvalue weighted by Crippen LogP contribution is -2.55. The van der Waals surface area contributed by atoms with Gasteiger partial charge in [0.2, 0.25) is 0 Å². The molecule has 2 nitrogen and oxygen atoms in total. The Hall–Kier alpha value is -1.23. The number of piperazine rings is 1. The number of nitrogens with zero attached hydrogens (tertiary/aromatic N) is 2. The van der Waals surface area contributed by atoms with Crippen LogP contribution < -0.4 is 4.90 Å². The van der Waals surface area contributed by atoms with E-state index in [1.165, 1.54) is 13.0 Å². The minimum Gasteiger partial charge on any atom is -0.368 e. The standard InChI is InChI=1S/C15H21F3N2/c1-10-5-6-13(7-14(10)15(16,17)18)20-8-11(2)19(4)12(3)9-20/h5-7,11-12H,8-9H2,1-4H3. The Morgan fingerprint density at radius 1 is 1.10 bits per heavy atom. The van der Waals surface area contributed by atoms with Crippen molar-refractivity contribution in [2.45, 2.75) is 39.0 Å². The molecule has 5 heteroatoms. The molecule has 2 atom stereocenters. The van der Waals surface area contributed by atoms with Crippen molar-refractivity contribution in [2.75, 3.05) is 25.0 Å². The zero-order valence-corrected chi connectivity index (χ0v) is 12.3. The Morgan fingerprint density at radius 2 is 1.65 bits per heavy atom. The Labute approximate surface area is 118 Å². The summed E-state index contributed by atoms with van der Waals surface area (Å²) in [6.45, 7) is 7.20. The zero-order valence-electron chi connectivity index (χ0n) is 12.3. The summed E-state index contributed by atoms with van der Waals surface area (Å²) < 4.78 is 39.0. The molecular formula is C15H21F3N2. The fraction of sp³-hybridized carbons (Fsp3) is 0.600. The fourth-order valence-electron chi connectivity index (χ4n) is 2.73. The average molecular weight is 286 g/mol. The van der Waals surface area contributed by atoms with Gasteiger partial charge < -0.3 is 4.90 Å². The molecule has 2 rings (SSSR count). The largest absolute Gasteiger partial charge is 0.416 e. The predicted octanol–water partition coefficient (Wildman–Crippen LogP) is 3.54. The normalized spacial score (nSPS) is 25.1. The molecule has 0 bridgehead atoms. The molecule has 1 aromatic rings. The van der Waals surface area contributed by atoms with E-state index in [1.807, 2.05) is 4.90 Å². The van der Waals surface area contributed by atoms with Crippen molar-refractivity contribution >= 4 is 5.69 Å². The summed E-state index contributed by atoms with van der Waals surface area (Å²) in [6, 6.07) is 5.28. The van der Waals surface area contributed by atoms with Crippen LogP contribution in [-0.2, 0) is 6.18 Å². The third-order valence-electron chi connectivity index (χ3n) is 4.25. The van der Waals surface area contributed by atoms with Crippen molar-refractivity contribution in [3.8, 4) is 0 Å². The van der Waals surface area contributed by atoms with Crippen LogP contribution in [0.2, 0.25) is 0 Å². The lowest BCUT2D eigenvalue weighted by Gasteiger charge is -2.43. The van der Waals surface area contributed by atoms with Crippen LogP contribution in [0, 0.1) is 6.92 Å².